The molecule has 0 bridgehead atoms. The number of fused-ring (bicyclic) bond motifs is 5. The van der Waals surface area contributed by atoms with Crippen LogP contribution in [0.15, 0.2) is 23.8 Å². The molecule has 0 saturated heterocycles. The third kappa shape index (κ3) is 3.50. The van der Waals surface area contributed by atoms with Gasteiger partial charge in [-0.25, -0.2) is 0 Å². The number of aliphatic hydroxyl groups is 2. The Morgan fingerprint density at radius 2 is 1.81 bits per heavy atom. The van der Waals surface area contributed by atoms with Gasteiger partial charge in [-0.2, -0.15) is 0 Å². The molecule has 174 valence electrons. The molecule has 3 nitrogen and oxygen atoms in total. The highest BCUT2D eigenvalue weighted by atomic mass is 16.3. The molecular formula is C28H44O3. The Balaban J connectivity index is 1.59. The van der Waals surface area contributed by atoms with Gasteiger partial charge in [0, 0.05) is 5.92 Å². The van der Waals surface area contributed by atoms with Gasteiger partial charge in [-0.3, -0.25) is 4.79 Å². The van der Waals surface area contributed by atoms with Crippen molar-refractivity contribution in [1.82, 2.24) is 0 Å². The summed E-state index contributed by atoms with van der Waals surface area (Å²) in [5, 5.41) is 22.6. The predicted molar refractivity (Wildman–Crippen MR) is 125 cm³/mol. The van der Waals surface area contributed by atoms with Crippen molar-refractivity contribution in [2.75, 3.05) is 0 Å². The summed E-state index contributed by atoms with van der Waals surface area (Å²) >= 11 is 0. The van der Waals surface area contributed by atoms with E-state index in [9.17, 15) is 15.0 Å². The first-order valence-electron chi connectivity index (χ1n) is 12.8. The quantitative estimate of drug-likeness (QED) is 0.603. The van der Waals surface area contributed by atoms with Crippen molar-refractivity contribution in [2.45, 2.75) is 92.3 Å². The van der Waals surface area contributed by atoms with Crippen molar-refractivity contribution in [3.63, 3.8) is 0 Å². The Labute approximate surface area is 189 Å². The summed E-state index contributed by atoms with van der Waals surface area (Å²) in [5.41, 5.74) is 0.176. The van der Waals surface area contributed by atoms with Crippen LogP contribution in [0.3, 0.4) is 0 Å². The van der Waals surface area contributed by atoms with Gasteiger partial charge in [-0.1, -0.05) is 59.6 Å². The van der Waals surface area contributed by atoms with E-state index >= 15 is 0 Å². The number of hydrogen-bond donors (Lipinski definition) is 2. The Morgan fingerprint density at radius 1 is 1.10 bits per heavy atom. The number of rotatable bonds is 5. The first-order chi connectivity index (χ1) is 14.5. The minimum Gasteiger partial charge on any atom is -0.393 e. The van der Waals surface area contributed by atoms with Crippen molar-refractivity contribution < 1.29 is 15.0 Å². The summed E-state index contributed by atoms with van der Waals surface area (Å²) < 4.78 is 0. The van der Waals surface area contributed by atoms with Crippen molar-refractivity contribution in [3.8, 4) is 0 Å². The Morgan fingerprint density at radius 3 is 2.48 bits per heavy atom. The Kier molecular flexibility index (Phi) is 6.10. The van der Waals surface area contributed by atoms with Crippen LogP contribution in [0.2, 0.25) is 0 Å². The van der Waals surface area contributed by atoms with Crippen LogP contribution in [0.25, 0.3) is 0 Å². The maximum atomic E-state index is 13.1. The average Bonchev–Trinajstić information content (AvgIpc) is 3.03. The molecule has 4 unspecified atom stereocenters. The van der Waals surface area contributed by atoms with Crippen LogP contribution in [0, 0.1) is 52.3 Å². The Hall–Kier alpha value is -0.930. The smallest absolute Gasteiger partial charge is 0.166 e. The molecule has 0 aliphatic heterocycles. The average molecular weight is 429 g/mol. The van der Waals surface area contributed by atoms with Crippen LogP contribution in [0.4, 0.5) is 0 Å². The molecule has 4 aliphatic carbocycles. The van der Waals surface area contributed by atoms with Gasteiger partial charge < -0.3 is 10.2 Å². The fraction of sp³-hybridized carbons (Fsp3) is 0.821. The lowest BCUT2D eigenvalue weighted by Gasteiger charge is -2.60. The maximum absolute atomic E-state index is 13.1. The minimum atomic E-state index is -0.756. The molecule has 0 radical (unpaired) electrons. The van der Waals surface area contributed by atoms with E-state index < -0.39 is 17.6 Å². The highest BCUT2D eigenvalue weighted by Crippen LogP contribution is 2.67. The second-order valence-corrected chi connectivity index (χ2v) is 12.3. The molecule has 0 spiro atoms. The molecule has 3 saturated carbocycles. The van der Waals surface area contributed by atoms with E-state index in [1.165, 1.54) is 25.7 Å². The van der Waals surface area contributed by atoms with Crippen LogP contribution < -0.4 is 0 Å². The second-order valence-electron chi connectivity index (χ2n) is 12.3. The van der Waals surface area contributed by atoms with Crippen LogP contribution in [-0.4, -0.2) is 28.2 Å². The third-order valence-corrected chi connectivity index (χ3v) is 10.6. The highest BCUT2D eigenvalue weighted by molar-refractivity contribution is 5.99. The van der Waals surface area contributed by atoms with Gasteiger partial charge in [0.15, 0.2) is 5.78 Å². The minimum absolute atomic E-state index is 0.0620. The summed E-state index contributed by atoms with van der Waals surface area (Å²) in [6, 6.07) is 0. The zero-order valence-electron chi connectivity index (χ0n) is 20.5. The van der Waals surface area contributed by atoms with Crippen LogP contribution in [0.1, 0.15) is 80.1 Å². The molecule has 3 heteroatoms. The summed E-state index contributed by atoms with van der Waals surface area (Å²) in [6.07, 6.45) is 10.7. The van der Waals surface area contributed by atoms with Gasteiger partial charge in [0.25, 0.3) is 0 Å². The number of ketones is 1. The van der Waals surface area contributed by atoms with Crippen molar-refractivity contribution >= 4 is 5.78 Å². The molecule has 2 N–H and O–H groups in total. The zero-order chi connectivity index (χ0) is 22.7. The predicted octanol–water partition coefficient (Wildman–Crippen LogP) is 5.56. The first kappa shape index (κ1) is 23.2. The third-order valence-electron chi connectivity index (χ3n) is 10.6. The molecule has 31 heavy (non-hydrogen) atoms. The van der Waals surface area contributed by atoms with E-state index in [0.29, 0.717) is 24.2 Å². The maximum Gasteiger partial charge on any atom is 0.166 e. The van der Waals surface area contributed by atoms with Gasteiger partial charge in [-0.05, 0) is 85.2 Å². The van der Waals surface area contributed by atoms with Crippen molar-refractivity contribution in [3.05, 3.63) is 23.8 Å². The summed E-state index contributed by atoms with van der Waals surface area (Å²) in [6.45, 7) is 13.8. The second kappa shape index (κ2) is 8.13. The van der Waals surface area contributed by atoms with E-state index in [2.05, 4.69) is 34.6 Å². The zero-order valence-corrected chi connectivity index (χ0v) is 20.5. The van der Waals surface area contributed by atoms with Gasteiger partial charge in [0.05, 0.1) is 17.6 Å². The van der Waals surface area contributed by atoms with E-state index in [4.69, 9.17) is 0 Å². The number of aliphatic hydroxyl groups excluding tert-OH is 2. The lowest BCUT2D eigenvalue weighted by atomic mass is 9.45. The summed E-state index contributed by atoms with van der Waals surface area (Å²) in [4.78, 5) is 13.1. The largest absolute Gasteiger partial charge is 0.393 e. The van der Waals surface area contributed by atoms with Crippen molar-refractivity contribution in [2.24, 2.45) is 52.3 Å². The van der Waals surface area contributed by atoms with E-state index in [1.807, 2.05) is 13.0 Å². The number of carbonyl (C=O) groups excluding carboxylic acids is 1. The van der Waals surface area contributed by atoms with Crippen molar-refractivity contribution in [1.29, 1.82) is 0 Å². The molecule has 0 aromatic rings. The fourth-order valence-electron chi connectivity index (χ4n) is 8.46. The van der Waals surface area contributed by atoms with E-state index in [0.717, 1.165) is 23.8 Å². The molecule has 0 aromatic heterocycles. The standard InChI is InChI=1S/C28H44O3/c1-16(2)17(3)10-11-18(4)20-12-13-21-19-14-23(29)22-8-7-9-25(31)28(22,6)26(19)24(30)15-27(20,21)5/h7-9,16-21,23-24,26,29-30H,10-15H2,1-6H3/t17-,18+,19?,20+,21?,23+,24?,26?,27+,28+/m0/s1. The molecule has 0 heterocycles. The summed E-state index contributed by atoms with van der Waals surface area (Å²) in [5.74, 6) is 3.44. The fourth-order valence-corrected chi connectivity index (χ4v) is 8.46. The van der Waals surface area contributed by atoms with Gasteiger partial charge in [0.1, 0.15) is 0 Å². The molecule has 0 aromatic carbocycles. The number of allylic oxidation sites excluding steroid dienone is 3. The Bertz CT molecular complexity index is 766. The summed E-state index contributed by atoms with van der Waals surface area (Å²) in [7, 11) is 0. The topological polar surface area (TPSA) is 57.5 Å². The number of carbonyl (C=O) groups is 1. The van der Waals surface area contributed by atoms with Crippen LogP contribution in [0.5, 0.6) is 0 Å². The molecule has 0 amide bonds. The molecule has 3 fully saturated rings. The lowest BCUT2D eigenvalue weighted by Crippen LogP contribution is -2.60. The molecular weight excluding hydrogens is 384 g/mol. The van der Waals surface area contributed by atoms with Gasteiger partial charge in [0.2, 0.25) is 0 Å². The number of hydrogen-bond acceptors (Lipinski definition) is 3. The lowest BCUT2D eigenvalue weighted by molar-refractivity contribution is -0.158. The van der Waals surface area contributed by atoms with Gasteiger partial charge in [-0.15, -0.1) is 0 Å². The van der Waals surface area contributed by atoms with E-state index in [1.54, 1.807) is 12.2 Å². The normalized spacial score (nSPS) is 46.2. The monoisotopic (exact) mass is 428 g/mol. The highest BCUT2D eigenvalue weighted by Gasteiger charge is 2.65. The molecule has 4 aliphatic rings. The van der Waals surface area contributed by atoms with Crippen LogP contribution in [-0.2, 0) is 4.79 Å². The van der Waals surface area contributed by atoms with E-state index in [-0.39, 0.29) is 23.0 Å². The molecule has 4 rings (SSSR count). The first-order valence-corrected chi connectivity index (χ1v) is 12.8. The SMILES string of the molecule is CC(C)[C@@H](C)CC[C@@H](C)[C@H]1CCC2C3C[C@@H](O)C4=CC=CC(=O)[C@]4(C)C3C(O)C[C@@]21C. The molecule has 10 atom stereocenters. The van der Waals surface area contributed by atoms with Gasteiger partial charge >= 0.3 is 0 Å². The van der Waals surface area contributed by atoms with Crippen LogP contribution >= 0.6 is 0 Å².